The van der Waals surface area contributed by atoms with Gasteiger partial charge < -0.3 is 34.7 Å². The van der Waals surface area contributed by atoms with Crippen LogP contribution in [0.2, 0.25) is 44.3 Å². The third-order valence-corrected chi connectivity index (χ3v) is 34.1. The fraction of sp³-hybridized carbons (Fsp3) is 0.235. The number of halogens is 22. The number of alkyl halides is 18. The molecule has 12 nitrogen and oxygen atoms in total. The van der Waals surface area contributed by atoms with Crippen molar-refractivity contribution in [2.75, 3.05) is 7.11 Å². The van der Waals surface area contributed by atoms with E-state index in [0.29, 0.717) is 51.3 Å². The fourth-order valence-corrected chi connectivity index (χ4v) is 21.5. The smallest absolute Gasteiger partial charge is 0.417 e. The van der Waals surface area contributed by atoms with E-state index in [0.717, 1.165) is 76.4 Å². The van der Waals surface area contributed by atoms with Crippen LogP contribution in [0.1, 0.15) is 124 Å². The van der Waals surface area contributed by atoms with Crippen molar-refractivity contribution in [1.82, 2.24) is 0 Å². The van der Waals surface area contributed by atoms with Gasteiger partial charge in [0.2, 0.25) is 0 Å². The second-order valence-corrected chi connectivity index (χ2v) is 46.7. The van der Waals surface area contributed by atoms with Crippen molar-refractivity contribution in [3.8, 4) is 11.5 Å². The number of hydrogen-bond acceptors (Lipinski definition) is 11. The van der Waals surface area contributed by atoms with E-state index >= 15 is 0 Å². The number of aliphatic hydroxyl groups excluding tert-OH is 2. The molecule has 0 amide bonds. The number of aliphatic hydroxyl groups is 2. The van der Waals surface area contributed by atoms with Crippen molar-refractivity contribution in [2.24, 2.45) is 0 Å². The monoisotopic (exact) mass is 2030 g/mol. The number of aromatic carboxylic acids is 1. The number of carboxylic acids is 1. The highest BCUT2D eigenvalue weighted by Gasteiger charge is 2.46. The first-order valence-electron chi connectivity index (χ1n) is 35.6. The number of aromatic hydroxyl groups is 2. The van der Waals surface area contributed by atoms with E-state index in [2.05, 4.69) is 102 Å². The number of carbonyl (C=O) groups is 5. The quantitative estimate of drug-likeness (QED) is 0.0375. The number of methoxy groups -OCH3 is 1. The molecule has 4 aliphatic rings. The highest BCUT2D eigenvalue weighted by atomic mass is 79.9. The summed E-state index contributed by atoms with van der Waals surface area (Å²) in [4.78, 5) is 56.7. The molecule has 0 aromatic heterocycles. The van der Waals surface area contributed by atoms with Gasteiger partial charge in [0.1, 0.15) is 33.9 Å². The van der Waals surface area contributed by atoms with E-state index in [-0.39, 0.29) is 91.5 Å². The van der Waals surface area contributed by atoms with E-state index in [9.17, 15) is 118 Å². The lowest BCUT2D eigenvalue weighted by molar-refractivity contribution is -0.139. The van der Waals surface area contributed by atoms with Crippen LogP contribution < -0.4 is 10.4 Å². The van der Waals surface area contributed by atoms with E-state index in [4.69, 9.17) is 14.6 Å². The van der Waals surface area contributed by atoms with Crippen LogP contribution in [-0.2, 0) is 75.6 Å². The number of ether oxygens (including phenoxy) is 1. The Bertz CT molecular complexity index is 5570. The number of aldehydes is 1. The molecular formula is C85H72Br4F18O12Si3. The molecule has 0 radical (unpaired) electrons. The molecular weight excluding hydrogens is 1960 g/mol. The minimum atomic E-state index is -4.68. The second kappa shape index (κ2) is 38.6. The summed E-state index contributed by atoms with van der Waals surface area (Å²) in [6, 6.07) is 30.4. The van der Waals surface area contributed by atoms with Crippen molar-refractivity contribution in [3.63, 3.8) is 0 Å². The van der Waals surface area contributed by atoms with Gasteiger partial charge in [0.05, 0.1) is 71.4 Å². The Morgan fingerprint density at radius 1 is 0.434 bits per heavy atom. The van der Waals surface area contributed by atoms with E-state index < -0.39 is 120 Å². The Balaban J connectivity index is 0.000000208. The largest absolute Gasteiger partial charge is 0.508 e. The molecule has 37 heteroatoms. The average molecular weight is 2030 g/mol. The Hall–Kier alpha value is -9.06. The standard InChI is InChI=1S/C23H19F3O3Si.C23H17F3O3Si.C14H20BrF3OSi.C9H6BrF3O2.C8H4BrF3O2.C8H6BrF3O/c2*1-30(2)20-10-14(28)4-7-17(20)22(18-8-5-15(29)11-21(18)30)16-6-3-13(12-27)9-19(16)23(24,25)26;1-13(2,3)20(4,5)19-9-10-6-7-12(15)11(8-10)14(16,17)18;1-15-8(14)5-2-3-7(10)6(4-5)9(11,12)13;9-6-2-1-4(7(13)14)3-5(6)8(10,11)12;9-7-2-1-5(4-13)3-6(7)8(10,11)12/h3-11,27-28H,12H2,1-2H3;3-12,28H,1-2H3;6-8H,9H2,1-5H3;2-4H,1H3;1-3H,(H,13,14);1-3,13H,4H2. The Morgan fingerprint density at radius 2 is 0.762 bits per heavy atom. The predicted octanol–water partition coefficient (Wildman–Crippen LogP) is 24.2. The number of carbonyl (C=O) groups excluding carboxylic acids is 4. The maximum Gasteiger partial charge on any atom is 0.417 e. The SMILES string of the molecule is CC(C)(C)[Si](C)(C)OCc1ccc(Br)c(C(F)(F)F)c1.COC(=O)c1ccc(Br)c(C(F)(F)F)c1.C[Si]1(C)C2=CC(=O)C=CC2=C(c2ccc(C=O)cc2C(F)(F)F)c2ccc(O)cc21.C[Si]1(C)C2=CC(=O)C=CC2=C(c2ccc(CO)cc2C(F)(F)F)c2ccc(O)cc21.O=C(O)c1ccc(Br)c(C(F)(F)F)c1.OCc1ccc(Br)c(C(F)(F)F)c1. The first-order chi connectivity index (χ1) is 56.0. The molecule has 8 aromatic rings. The van der Waals surface area contributed by atoms with Gasteiger partial charge in [-0.25, -0.2) is 9.59 Å². The topological polar surface area (TPSA) is 205 Å². The van der Waals surface area contributed by atoms with E-state index in [1.165, 1.54) is 85.0 Å². The number of fused-ring (bicyclic) bond motifs is 4. The summed E-state index contributed by atoms with van der Waals surface area (Å²) >= 11 is 11.2. The van der Waals surface area contributed by atoms with Crippen LogP contribution in [0, 0.1) is 0 Å². The number of carboxylic acid groups (broad SMARTS) is 1. The molecule has 0 unspecified atom stereocenters. The second-order valence-electron chi connectivity index (χ2n) is 29.8. The molecule has 2 heterocycles. The molecule has 0 saturated heterocycles. The molecule has 0 bridgehead atoms. The summed E-state index contributed by atoms with van der Waals surface area (Å²) in [5.74, 6) is -2.56. The zero-order chi connectivity index (χ0) is 92.1. The van der Waals surface area contributed by atoms with Crippen LogP contribution in [0.25, 0.3) is 11.1 Å². The molecule has 0 fully saturated rings. The number of rotatable bonds is 10. The third kappa shape index (κ3) is 24.1. The summed E-state index contributed by atoms with van der Waals surface area (Å²) in [5, 5.41) is 49.6. The summed E-state index contributed by atoms with van der Waals surface area (Å²) in [5.41, 5.74) is -1.66. The molecule has 8 aromatic carbocycles. The highest BCUT2D eigenvalue weighted by Crippen LogP contribution is 2.49. The predicted molar refractivity (Wildman–Crippen MR) is 444 cm³/mol. The maximum absolute atomic E-state index is 14.0. The zero-order valence-electron chi connectivity index (χ0n) is 65.4. The molecule has 2 aliphatic heterocycles. The van der Waals surface area contributed by atoms with Crippen LogP contribution in [-0.4, -0.2) is 86.9 Å². The zero-order valence-corrected chi connectivity index (χ0v) is 74.8. The number of hydrogen-bond donors (Lipinski definition) is 5. The lowest BCUT2D eigenvalue weighted by Crippen LogP contribution is -2.49. The van der Waals surface area contributed by atoms with Gasteiger partial charge in [-0.15, -0.1) is 0 Å². The molecule has 2 aliphatic carbocycles. The minimum absolute atomic E-state index is 0.0164. The summed E-state index contributed by atoms with van der Waals surface area (Å²) in [6.45, 7) is 17.8. The number of allylic oxidation sites excluding steroid dienone is 10. The minimum Gasteiger partial charge on any atom is -0.508 e. The average Bonchev–Trinajstić information content (AvgIpc) is 0.721. The van der Waals surface area contributed by atoms with Gasteiger partial charge in [0, 0.05) is 23.5 Å². The van der Waals surface area contributed by atoms with Crippen LogP contribution in [0.5, 0.6) is 11.5 Å². The molecule has 0 spiro atoms. The summed E-state index contributed by atoms with van der Waals surface area (Å²) < 4.78 is 243. The molecule has 122 heavy (non-hydrogen) atoms. The Labute approximate surface area is 723 Å². The van der Waals surface area contributed by atoms with Crippen molar-refractivity contribution in [1.29, 1.82) is 0 Å². The Kier molecular flexibility index (Phi) is 31.6. The summed E-state index contributed by atoms with van der Waals surface area (Å²) in [6.07, 6.45) is -17.8. The van der Waals surface area contributed by atoms with Gasteiger partial charge in [-0.1, -0.05) is 171 Å². The molecule has 12 rings (SSSR count). The molecule has 5 N–H and O–H groups in total. The van der Waals surface area contributed by atoms with E-state index in [1.807, 2.05) is 26.2 Å². The van der Waals surface area contributed by atoms with Gasteiger partial charge in [-0.3, -0.25) is 14.4 Å². The molecule has 0 atom stereocenters. The number of phenols is 2. The van der Waals surface area contributed by atoms with Gasteiger partial charge >= 0.3 is 49.0 Å². The molecule has 650 valence electrons. The number of esters is 1. The normalized spacial score (nSPS) is 14.8. The number of benzene rings is 8. The van der Waals surface area contributed by atoms with Crippen molar-refractivity contribution in [2.45, 2.75) is 122 Å². The number of ketones is 2. The highest BCUT2D eigenvalue weighted by molar-refractivity contribution is 9.11. The van der Waals surface area contributed by atoms with Crippen molar-refractivity contribution in [3.05, 3.63) is 310 Å². The van der Waals surface area contributed by atoms with Crippen LogP contribution in [0.15, 0.2) is 221 Å². The van der Waals surface area contributed by atoms with Gasteiger partial charge in [-0.05, 0) is 222 Å². The van der Waals surface area contributed by atoms with Crippen molar-refractivity contribution >= 4 is 139 Å². The van der Waals surface area contributed by atoms with Gasteiger partial charge in [0.15, 0.2) is 19.9 Å². The fourth-order valence-electron chi connectivity index (χ4n) is 12.6. The number of phenolic OH excluding ortho intramolecular Hbond substituents is 2. The van der Waals surface area contributed by atoms with Crippen molar-refractivity contribution < 1.29 is 138 Å². The first-order valence-corrected chi connectivity index (χ1v) is 47.7. The van der Waals surface area contributed by atoms with Gasteiger partial charge in [0.25, 0.3) is 0 Å². The first kappa shape index (κ1) is 100. The van der Waals surface area contributed by atoms with E-state index in [1.54, 1.807) is 42.5 Å². The lowest BCUT2D eigenvalue weighted by Gasteiger charge is -2.38. The van der Waals surface area contributed by atoms with Crippen LogP contribution >= 0.6 is 63.7 Å². The molecule has 0 saturated carbocycles. The third-order valence-electron chi connectivity index (χ3n) is 19.8. The maximum atomic E-state index is 14.0. The Morgan fingerprint density at radius 3 is 1.13 bits per heavy atom. The lowest BCUT2D eigenvalue weighted by atomic mass is 9.86. The van der Waals surface area contributed by atoms with Crippen LogP contribution in [0.3, 0.4) is 0 Å². The summed E-state index contributed by atoms with van der Waals surface area (Å²) in [7, 11) is -5.77. The van der Waals surface area contributed by atoms with Gasteiger partial charge in [-0.2, -0.15) is 79.0 Å². The van der Waals surface area contributed by atoms with Crippen LogP contribution in [0.4, 0.5) is 79.0 Å².